The molecule has 0 aromatic rings. The molecule has 0 saturated carbocycles. The number of hydrogen-bond acceptors (Lipinski definition) is 1. The van der Waals surface area contributed by atoms with Crippen LogP contribution in [0.1, 0.15) is 20.8 Å². The van der Waals surface area contributed by atoms with Crippen LogP contribution >= 0.6 is 0 Å². The fourth-order valence-corrected chi connectivity index (χ4v) is 1.64. The van der Waals surface area contributed by atoms with Crippen molar-refractivity contribution in [3.8, 4) is 0 Å². The number of likely N-dealkylation sites (N-methyl/N-ethyl adjacent to an activating group) is 1. The largest absolute Gasteiger partial charge is 0.374 e. The van der Waals surface area contributed by atoms with E-state index in [4.69, 9.17) is 0 Å². The molecule has 0 N–H and O–H groups in total. The third-order valence-electron chi connectivity index (χ3n) is 2.57. The van der Waals surface area contributed by atoms with Gasteiger partial charge in [-0.25, -0.2) is 0 Å². The average molecular weight is 205 g/mol. The van der Waals surface area contributed by atoms with Crippen LogP contribution in [0.15, 0.2) is 49.2 Å². The molecule has 0 aromatic carbocycles. The van der Waals surface area contributed by atoms with Gasteiger partial charge in [0, 0.05) is 13.0 Å². The maximum Gasteiger partial charge on any atom is 0.0527 e. The lowest BCUT2D eigenvalue weighted by atomic mass is 9.93. The average Bonchev–Trinajstić information content (AvgIpc) is 2.19. The first-order valence-electron chi connectivity index (χ1n) is 5.37. The Balaban J connectivity index is 4.66. The Bertz CT molecular complexity index is 261. The molecular weight excluding hydrogens is 182 g/mol. The summed E-state index contributed by atoms with van der Waals surface area (Å²) in [6, 6.07) is 0.296. The fraction of sp³-hybridized carbons (Fsp3) is 0.429. The van der Waals surface area contributed by atoms with Gasteiger partial charge in [0.1, 0.15) is 0 Å². The van der Waals surface area contributed by atoms with E-state index >= 15 is 0 Å². The molecule has 0 aromatic heterocycles. The Hall–Kier alpha value is -1.24. The van der Waals surface area contributed by atoms with Gasteiger partial charge >= 0.3 is 0 Å². The van der Waals surface area contributed by atoms with Crippen LogP contribution < -0.4 is 0 Å². The Kier molecular flexibility index (Phi) is 6.52. The number of rotatable bonds is 6. The topological polar surface area (TPSA) is 3.24 Å². The summed E-state index contributed by atoms with van der Waals surface area (Å²) >= 11 is 0. The lowest BCUT2D eigenvalue weighted by Gasteiger charge is -2.30. The smallest absolute Gasteiger partial charge is 0.0527 e. The zero-order valence-corrected chi connectivity index (χ0v) is 10.4. The molecule has 1 nitrogen and oxygen atoms in total. The van der Waals surface area contributed by atoms with E-state index in [0.29, 0.717) is 12.0 Å². The second kappa shape index (κ2) is 7.10. The molecule has 2 unspecified atom stereocenters. The molecule has 2 atom stereocenters. The van der Waals surface area contributed by atoms with Gasteiger partial charge in [0.05, 0.1) is 6.04 Å². The Morgan fingerprint density at radius 1 is 1.27 bits per heavy atom. The first kappa shape index (κ1) is 13.8. The van der Waals surface area contributed by atoms with Crippen molar-refractivity contribution in [1.29, 1.82) is 0 Å². The van der Waals surface area contributed by atoms with E-state index in [-0.39, 0.29) is 0 Å². The fourth-order valence-electron chi connectivity index (χ4n) is 1.64. The Morgan fingerprint density at radius 3 is 2.27 bits per heavy atom. The summed E-state index contributed by atoms with van der Waals surface area (Å²) in [5, 5.41) is 0. The number of nitrogens with zero attached hydrogens (tertiary/aromatic N) is 1. The van der Waals surface area contributed by atoms with E-state index in [2.05, 4.69) is 44.3 Å². The van der Waals surface area contributed by atoms with Crippen molar-refractivity contribution in [2.45, 2.75) is 26.8 Å². The predicted molar refractivity (Wildman–Crippen MR) is 69.7 cm³/mol. The van der Waals surface area contributed by atoms with Crippen LogP contribution in [0.2, 0.25) is 0 Å². The van der Waals surface area contributed by atoms with Crippen molar-refractivity contribution in [2.75, 3.05) is 7.05 Å². The molecule has 1 heteroatoms. The van der Waals surface area contributed by atoms with Crippen molar-refractivity contribution in [1.82, 2.24) is 4.90 Å². The summed E-state index contributed by atoms with van der Waals surface area (Å²) in [5.74, 6) is 0.375. The van der Waals surface area contributed by atoms with Gasteiger partial charge in [-0.3, -0.25) is 0 Å². The third-order valence-corrected chi connectivity index (χ3v) is 2.57. The zero-order chi connectivity index (χ0) is 11.8. The molecule has 0 bridgehead atoms. The summed E-state index contributed by atoms with van der Waals surface area (Å²) in [4.78, 5) is 2.16. The summed E-state index contributed by atoms with van der Waals surface area (Å²) in [6.07, 6.45) is 10.1. The molecule has 0 amide bonds. The molecule has 15 heavy (non-hydrogen) atoms. The molecule has 84 valence electrons. The summed E-state index contributed by atoms with van der Waals surface area (Å²) in [7, 11) is 2.06. The van der Waals surface area contributed by atoms with Crippen molar-refractivity contribution in [3.63, 3.8) is 0 Å². The zero-order valence-electron chi connectivity index (χ0n) is 10.4. The van der Waals surface area contributed by atoms with Crippen molar-refractivity contribution in [2.24, 2.45) is 5.92 Å². The van der Waals surface area contributed by atoms with Crippen LogP contribution in [0.25, 0.3) is 0 Å². The lowest BCUT2D eigenvalue weighted by molar-refractivity contribution is 0.325. The molecule has 0 heterocycles. The lowest BCUT2D eigenvalue weighted by Crippen LogP contribution is -2.31. The molecule has 0 rings (SSSR count). The Labute approximate surface area is 94.5 Å². The van der Waals surface area contributed by atoms with Crippen LogP contribution in [0.4, 0.5) is 0 Å². The second-order valence-corrected chi connectivity index (χ2v) is 3.74. The van der Waals surface area contributed by atoms with E-state index in [1.54, 1.807) is 0 Å². The van der Waals surface area contributed by atoms with E-state index in [0.717, 1.165) is 5.57 Å². The minimum absolute atomic E-state index is 0.296. The summed E-state index contributed by atoms with van der Waals surface area (Å²) in [5.41, 5.74) is 1.14. The molecule has 0 radical (unpaired) electrons. The summed E-state index contributed by atoms with van der Waals surface area (Å²) < 4.78 is 0. The highest BCUT2D eigenvalue weighted by Gasteiger charge is 2.17. The van der Waals surface area contributed by atoms with E-state index in [9.17, 15) is 0 Å². The maximum atomic E-state index is 4.07. The highest BCUT2D eigenvalue weighted by atomic mass is 15.1. The van der Waals surface area contributed by atoms with Gasteiger partial charge < -0.3 is 4.90 Å². The van der Waals surface area contributed by atoms with E-state index < -0.39 is 0 Å². The van der Waals surface area contributed by atoms with Crippen molar-refractivity contribution in [3.05, 3.63) is 49.2 Å². The first-order valence-corrected chi connectivity index (χ1v) is 5.37. The molecule has 0 aliphatic carbocycles. The maximum absolute atomic E-state index is 4.07. The van der Waals surface area contributed by atoms with Crippen LogP contribution in [0.3, 0.4) is 0 Å². The van der Waals surface area contributed by atoms with Gasteiger partial charge in [-0.1, -0.05) is 43.4 Å². The SMILES string of the molecule is C=CC(C(C)C(=C)/C=C\C)N(C)/C=C/C. The van der Waals surface area contributed by atoms with Crippen LogP contribution in [-0.2, 0) is 0 Å². The van der Waals surface area contributed by atoms with E-state index in [1.165, 1.54) is 0 Å². The molecule has 0 aliphatic heterocycles. The number of hydrogen-bond donors (Lipinski definition) is 0. The molecular formula is C14H23N. The molecule has 0 fully saturated rings. The normalized spacial score (nSPS) is 15.5. The van der Waals surface area contributed by atoms with Crippen LogP contribution in [-0.4, -0.2) is 18.0 Å². The first-order chi connectivity index (χ1) is 7.08. The Morgan fingerprint density at radius 2 is 1.87 bits per heavy atom. The van der Waals surface area contributed by atoms with Crippen LogP contribution in [0.5, 0.6) is 0 Å². The van der Waals surface area contributed by atoms with Crippen molar-refractivity contribution >= 4 is 0 Å². The monoisotopic (exact) mass is 205 g/mol. The quantitative estimate of drug-likeness (QED) is 0.471. The number of allylic oxidation sites excluding steroid dienone is 3. The van der Waals surface area contributed by atoms with Crippen LogP contribution in [0, 0.1) is 5.92 Å². The minimum Gasteiger partial charge on any atom is -0.374 e. The molecule has 0 saturated heterocycles. The van der Waals surface area contributed by atoms with Gasteiger partial charge in [-0.15, -0.1) is 6.58 Å². The van der Waals surface area contributed by atoms with Gasteiger partial charge in [0.15, 0.2) is 0 Å². The molecule has 0 aliphatic rings. The van der Waals surface area contributed by atoms with Gasteiger partial charge in [0.25, 0.3) is 0 Å². The van der Waals surface area contributed by atoms with Crippen molar-refractivity contribution < 1.29 is 0 Å². The van der Waals surface area contributed by atoms with Gasteiger partial charge in [-0.2, -0.15) is 0 Å². The van der Waals surface area contributed by atoms with E-state index in [1.807, 2.05) is 32.1 Å². The standard InChI is InChI=1S/C14H23N/c1-7-10-12(4)13(5)14(9-3)15(6)11-8-2/h7-11,13-14H,3-4H2,1-2,5-6H3/b10-7-,11-8+. The predicted octanol–water partition coefficient (Wildman–Crippen LogP) is 3.77. The highest BCUT2D eigenvalue weighted by molar-refractivity contribution is 5.20. The highest BCUT2D eigenvalue weighted by Crippen LogP contribution is 2.19. The summed E-state index contributed by atoms with van der Waals surface area (Å²) in [6.45, 7) is 14.2. The third kappa shape index (κ3) is 4.20. The van der Waals surface area contributed by atoms with Gasteiger partial charge in [-0.05, 0) is 20.0 Å². The molecule has 0 spiro atoms. The minimum atomic E-state index is 0.296. The van der Waals surface area contributed by atoms with Gasteiger partial charge in [0.2, 0.25) is 0 Å². The second-order valence-electron chi connectivity index (χ2n) is 3.74.